The van der Waals surface area contributed by atoms with Crippen molar-refractivity contribution in [1.82, 2.24) is 20.3 Å². The van der Waals surface area contributed by atoms with Crippen LogP contribution in [0.25, 0.3) is 0 Å². The van der Waals surface area contributed by atoms with Gasteiger partial charge in [0.15, 0.2) is 5.82 Å². The second-order valence-corrected chi connectivity index (χ2v) is 9.74. The first kappa shape index (κ1) is 34.9. The summed E-state index contributed by atoms with van der Waals surface area (Å²) in [6, 6.07) is 2.15. The highest BCUT2D eigenvalue weighted by Crippen LogP contribution is 2.28. The molecule has 11 nitrogen and oxygen atoms in total. The van der Waals surface area contributed by atoms with E-state index in [9.17, 15) is 35.5 Å². The summed E-state index contributed by atoms with van der Waals surface area (Å²) in [7, 11) is 0. The maximum atomic E-state index is 13.1. The lowest BCUT2D eigenvalue weighted by Crippen LogP contribution is -2.28. The number of carbonyl (C=O) groups excluding carboxylic acids is 1. The number of carboxylic acid groups (broad SMARTS) is 2. The van der Waals surface area contributed by atoms with Crippen molar-refractivity contribution in [3.63, 3.8) is 0 Å². The third-order valence-electron chi connectivity index (χ3n) is 5.75. The third kappa shape index (κ3) is 11.9. The van der Waals surface area contributed by atoms with E-state index in [1.165, 1.54) is 25.2 Å². The van der Waals surface area contributed by atoms with Crippen LogP contribution in [-0.4, -0.2) is 81.0 Å². The zero-order chi connectivity index (χ0) is 32.5. The Morgan fingerprint density at radius 2 is 1.49 bits per heavy atom. The summed E-state index contributed by atoms with van der Waals surface area (Å²) < 4.78 is 76.6. The number of rotatable bonds is 6. The normalized spacial score (nSPS) is 14.7. The van der Waals surface area contributed by atoms with Gasteiger partial charge in [-0.05, 0) is 50.7 Å². The van der Waals surface area contributed by atoms with Crippen molar-refractivity contribution in [1.29, 1.82) is 0 Å². The van der Waals surface area contributed by atoms with Crippen LogP contribution in [0.3, 0.4) is 0 Å². The second-order valence-electron chi connectivity index (χ2n) is 9.74. The fourth-order valence-electron chi connectivity index (χ4n) is 3.51. The summed E-state index contributed by atoms with van der Waals surface area (Å²) in [5.74, 6) is -4.25. The zero-order valence-electron chi connectivity index (χ0n) is 22.9. The summed E-state index contributed by atoms with van der Waals surface area (Å²) in [5, 5.41) is 20.6. The van der Waals surface area contributed by atoms with Crippen molar-refractivity contribution in [3.05, 3.63) is 41.1 Å². The van der Waals surface area contributed by atoms with Crippen LogP contribution in [0.4, 0.5) is 42.5 Å². The highest BCUT2D eigenvalue weighted by molar-refractivity contribution is 5.99. The van der Waals surface area contributed by atoms with Crippen LogP contribution in [-0.2, 0) is 22.4 Å². The molecule has 0 bridgehead atoms. The van der Waals surface area contributed by atoms with Crippen molar-refractivity contribution in [3.8, 4) is 0 Å². The maximum absolute atomic E-state index is 13.1. The Hall–Kier alpha value is -4.25. The number of nitrogens with zero attached hydrogens (tertiary/aromatic N) is 4. The van der Waals surface area contributed by atoms with Crippen molar-refractivity contribution in [2.75, 3.05) is 29.9 Å². The second kappa shape index (κ2) is 14.8. The van der Waals surface area contributed by atoms with Crippen LogP contribution < -0.4 is 15.5 Å². The van der Waals surface area contributed by atoms with Crippen LogP contribution >= 0.6 is 0 Å². The van der Waals surface area contributed by atoms with Gasteiger partial charge in [0, 0.05) is 37.8 Å². The lowest BCUT2D eigenvalue weighted by molar-refractivity contribution is -0.193. The van der Waals surface area contributed by atoms with E-state index in [2.05, 4.69) is 20.6 Å². The molecule has 1 fully saturated rings. The van der Waals surface area contributed by atoms with Crippen LogP contribution in [0.5, 0.6) is 0 Å². The molecule has 0 unspecified atom stereocenters. The number of amides is 1. The van der Waals surface area contributed by atoms with E-state index in [0.29, 0.717) is 42.8 Å². The first-order chi connectivity index (χ1) is 19.9. The quantitative estimate of drug-likeness (QED) is 0.347. The number of pyridine rings is 1. The molecule has 2 aliphatic rings. The number of hydrogen-bond donors (Lipinski definition) is 4. The lowest BCUT2D eigenvalue weighted by Gasteiger charge is -2.19. The molecule has 0 radical (unpaired) electrons. The predicted molar refractivity (Wildman–Crippen MR) is 137 cm³/mol. The van der Waals surface area contributed by atoms with Gasteiger partial charge in [-0.15, -0.1) is 0 Å². The van der Waals surface area contributed by atoms with Gasteiger partial charge in [0.05, 0.1) is 18.0 Å². The van der Waals surface area contributed by atoms with E-state index >= 15 is 0 Å². The highest BCUT2D eigenvalue weighted by atomic mass is 19.4. The number of aromatic nitrogens is 3. The van der Waals surface area contributed by atoms with Crippen LogP contribution in [0, 0.1) is 11.7 Å². The van der Waals surface area contributed by atoms with Crippen molar-refractivity contribution in [2.24, 2.45) is 5.92 Å². The number of aliphatic carboxylic acids is 2. The van der Waals surface area contributed by atoms with Gasteiger partial charge >= 0.3 is 24.3 Å². The fraction of sp³-hybridized carbons (Fsp3) is 0.520. The number of halogens is 7. The molecule has 0 saturated heterocycles. The molecule has 1 aliphatic heterocycles. The van der Waals surface area contributed by atoms with Crippen molar-refractivity contribution in [2.45, 2.75) is 57.9 Å². The average Bonchev–Trinajstić information content (AvgIpc) is 3.74. The summed E-state index contributed by atoms with van der Waals surface area (Å²) >= 11 is 0. The summed E-state index contributed by atoms with van der Waals surface area (Å²) in [5.41, 5.74) is 2.65. The Bertz CT molecular complexity index is 1240. The summed E-state index contributed by atoms with van der Waals surface area (Å²) in [6.45, 7) is 6.19. The molecule has 238 valence electrons. The molecule has 4 N–H and O–H groups in total. The highest BCUT2D eigenvalue weighted by Gasteiger charge is 2.39. The van der Waals surface area contributed by atoms with Gasteiger partial charge in [-0.2, -0.15) is 26.3 Å². The molecule has 2 aromatic heterocycles. The molecule has 0 atom stereocenters. The van der Waals surface area contributed by atoms with Gasteiger partial charge in [-0.3, -0.25) is 4.79 Å². The fourth-order valence-corrected chi connectivity index (χ4v) is 3.51. The minimum Gasteiger partial charge on any atom is -0.475 e. The molecular weight excluding hydrogens is 597 g/mol. The maximum Gasteiger partial charge on any atom is 0.490 e. The van der Waals surface area contributed by atoms with Gasteiger partial charge in [0.1, 0.15) is 5.82 Å². The monoisotopic (exact) mass is 626 g/mol. The number of carboxylic acids is 2. The Kier molecular flexibility index (Phi) is 12.0. The molecule has 0 spiro atoms. The van der Waals surface area contributed by atoms with E-state index in [4.69, 9.17) is 24.8 Å². The molecular formula is C25H29F7N6O5. The standard InChI is InChI=1S/C21H27FN6O.2C2HF3O2/c1-13(2)26-19-17(20(29)23-10-14-3-4-14)9-15-5-7-28(8-6-18(15)27-19)21-24-11-16(22)12-25-21;2*3-2(4,5)1(6)7/h9,11-14H,3-8,10H2,1-2H3,(H,23,29)(H,26,27);2*(H,6,7). The summed E-state index contributed by atoms with van der Waals surface area (Å²) in [4.78, 5) is 45.7. The molecule has 1 aliphatic carbocycles. The minimum atomic E-state index is -5.08. The Morgan fingerprint density at radius 1 is 0.977 bits per heavy atom. The van der Waals surface area contributed by atoms with Crippen LogP contribution in [0.15, 0.2) is 18.5 Å². The molecule has 43 heavy (non-hydrogen) atoms. The molecule has 1 saturated carbocycles. The Labute approximate surface area is 240 Å². The number of carbonyl (C=O) groups is 3. The number of hydrogen-bond acceptors (Lipinski definition) is 8. The molecule has 18 heteroatoms. The van der Waals surface area contributed by atoms with Crippen LogP contribution in [0.1, 0.15) is 48.3 Å². The van der Waals surface area contributed by atoms with Gasteiger partial charge in [-0.25, -0.2) is 28.9 Å². The predicted octanol–water partition coefficient (Wildman–Crippen LogP) is 3.84. The van der Waals surface area contributed by atoms with Gasteiger partial charge < -0.3 is 25.7 Å². The topological polar surface area (TPSA) is 158 Å². The minimum absolute atomic E-state index is 0.0710. The molecule has 0 aromatic carbocycles. The summed E-state index contributed by atoms with van der Waals surface area (Å²) in [6.07, 6.45) is -3.96. The first-order valence-corrected chi connectivity index (χ1v) is 12.8. The lowest BCUT2D eigenvalue weighted by atomic mass is 10.0. The first-order valence-electron chi connectivity index (χ1n) is 12.8. The van der Waals surface area contributed by atoms with E-state index in [-0.39, 0.29) is 11.9 Å². The number of anilines is 2. The number of nitrogens with one attached hydrogen (secondary N) is 2. The van der Waals surface area contributed by atoms with Crippen molar-refractivity contribution >= 4 is 29.6 Å². The van der Waals surface area contributed by atoms with Gasteiger partial charge in [0.2, 0.25) is 5.95 Å². The average molecular weight is 627 g/mol. The third-order valence-corrected chi connectivity index (χ3v) is 5.75. The van der Waals surface area contributed by atoms with Gasteiger partial charge in [-0.1, -0.05) is 0 Å². The van der Waals surface area contributed by atoms with E-state index < -0.39 is 30.1 Å². The van der Waals surface area contributed by atoms with Crippen molar-refractivity contribution < 1.29 is 55.3 Å². The Balaban J connectivity index is 0.000000384. The smallest absolute Gasteiger partial charge is 0.475 e. The zero-order valence-corrected chi connectivity index (χ0v) is 22.9. The molecule has 3 heterocycles. The SMILES string of the molecule is CC(C)Nc1nc2c(cc1C(=O)NCC1CC1)CCN(c1ncc(F)cn1)CC2.O=C(O)C(F)(F)F.O=C(O)C(F)(F)F. The van der Waals surface area contributed by atoms with E-state index in [1.807, 2.05) is 24.8 Å². The molecule has 4 rings (SSSR count). The molecule has 1 amide bonds. The molecule has 2 aromatic rings. The van der Waals surface area contributed by atoms with Crippen LogP contribution in [0.2, 0.25) is 0 Å². The Morgan fingerprint density at radius 3 is 1.95 bits per heavy atom. The van der Waals surface area contributed by atoms with Gasteiger partial charge in [0.25, 0.3) is 5.91 Å². The number of fused-ring (bicyclic) bond motifs is 1. The van der Waals surface area contributed by atoms with E-state index in [1.54, 1.807) is 0 Å². The van der Waals surface area contributed by atoms with E-state index in [0.717, 1.165) is 24.2 Å². The number of alkyl halides is 6. The largest absolute Gasteiger partial charge is 0.490 e.